The minimum atomic E-state index is -1.13. The number of allylic oxidation sites excluding steroid dienone is 6. The molecule has 0 bridgehead atoms. The van der Waals surface area contributed by atoms with E-state index in [1.54, 1.807) is 21.1 Å². The number of hydrogen-bond donors (Lipinski definition) is 0. The fourth-order valence-corrected chi connectivity index (χ4v) is 6.38. The molecule has 0 aliphatic carbocycles. The SMILES string of the molecule is CC/C=C\C/C=C\C/C=C\CCCCCCCC(=O)OC(COCCC(C(=O)[O-])[N+](C)(C)C)COC(=O)CCCCCCCCCCCCCCCCC. The number of hydrogen-bond acceptors (Lipinski definition) is 7. The molecule has 0 rings (SSSR count). The van der Waals surface area contributed by atoms with Crippen LogP contribution >= 0.6 is 0 Å². The van der Waals surface area contributed by atoms with Gasteiger partial charge in [0.15, 0.2) is 6.10 Å². The average Bonchev–Trinajstić information content (AvgIpc) is 3.12. The predicted octanol–water partition coefficient (Wildman–Crippen LogP) is 10.5. The van der Waals surface area contributed by atoms with Gasteiger partial charge in [-0.15, -0.1) is 0 Å². The van der Waals surface area contributed by atoms with Crippen LogP contribution in [0.3, 0.4) is 0 Å². The molecule has 54 heavy (non-hydrogen) atoms. The summed E-state index contributed by atoms with van der Waals surface area (Å²) in [6.45, 7) is 4.54. The highest BCUT2D eigenvalue weighted by molar-refractivity contribution is 5.70. The van der Waals surface area contributed by atoms with Gasteiger partial charge in [0.1, 0.15) is 12.6 Å². The van der Waals surface area contributed by atoms with E-state index in [2.05, 4.69) is 50.3 Å². The maximum atomic E-state index is 12.7. The quantitative estimate of drug-likeness (QED) is 0.0266. The van der Waals surface area contributed by atoms with Crippen LogP contribution in [0.2, 0.25) is 0 Å². The van der Waals surface area contributed by atoms with Crippen molar-refractivity contribution in [2.45, 2.75) is 199 Å². The lowest BCUT2D eigenvalue weighted by Crippen LogP contribution is -2.55. The van der Waals surface area contributed by atoms with Gasteiger partial charge in [-0.2, -0.15) is 0 Å². The zero-order chi connectivity index (χ0) is 40.0. The molecule has 0 heterocycles. The number of carboxylic acid groups (broad SMARTS) is 1. The Hall–Kier alpha value is -2.45. The van der Waals surface area contributed by atoms with Gasteiger partial charge in [-0.05, 0) is 44.9 Å². The van der Waals surface area contributed by atoms with Gasteiger partial charge in [0.05, 0.1) is 40.3 Å². The molecule has 314 valence electrons. The molecular weight excluding hydrogens is 679 g/mol. The fourth-order valence-electron chi connectivity index (χ4n) is 6.38. The Balaban J connectivity index is 4.36. The zero-order valence-electron chi connectivity index (χ0n) is 35.6. The first-order chi connectivity index (χ1) is 26.1. The zero-order valence-corrected chi connectivity index (χ0v) is 35.6. The van der Waals surface area contributed by atoms with E-state index in [9.17, 15) is 19.5 Å². The average molecular weight is 762 g/mol. The Bertz CT molecular complexity index is 984. The van der Waals surface area contributed by atoms with Crippen LogP contribution in [-0.2, 0) is 28.6 Å². The number of likely N-dealkylation sites (N-methyl/N-ethyl adjacent to an activating group) is 1. The lowest BCUT2D eigenvalue weighted by molar-refractivity contribution is -0.889. The van der Waals surface area contributed by atoms with Crippen molar-refractivity contribution in [2.24, 2.45) is 0 Å². The van der Waals surface area contributed by atoms with E-state index in [4.69, 9.17) is 14.2 Å². The van der Waals surface area contributed by atoms with Crippen LogP contribution in [0.25, 0.3) is 0 Å². The van der Waals surface area contributed by atoms with E-state index < -0.39 is 18.1 Å². The summed E-state index contributed by atoms with van der Waals surface area (Å²) < 4.78 is 17.2. The number of aliphatic carboxylic acids is 1. The molecular formula is C46H83NO7. The Labute approximate surface area is 332 Å². The maximum absolute atomic E-state index is 12.7. The van der Waals surface area contributed by atoms with Gasteiger partial charge in [0.2, 0.25) is 0 Å². The molecule has 0 fully saturated rings. The molecule has 0 saturated carbocycles. The molecule has 0 aliphatic rings. The number of carbonyl (C=O) groups is 3. The molecule has 2 unspecified atom stereocenters. The van der Waals surface area contributed by atoms with Gasteiger partial charge in [-0.1, -0.05) is 159 Å². The van der Waals surface area contributed by atoms with Crippen LogP contribution < -0.4 is 5.11 Å². The normalized spacial score (nSPS) is 13.3. The summed E-state index contributed by atoms with van der Waals surface area (Å²) >= 11 is 0. The van der Waals surface area contributed by atoms with Crippen molar-refractivity contribution in [1.82, 2.24) is 0 Å². The van der Waals surface area contributed by atoms with Gasteiger partial charge in [-0.3, -0.25) is 9.59 Å². The van der Waals surface area contributed by atoms with Crippen molar-refractivity contribution >= 4 is 17.9 Å². The Morgan fingerprint density at radius 1 is 0.574 bits per heavy atom. The largest absolute Gasteiger partial charge is 0.544 e. The lowest BCUT2D eigenvalue weighted by Gasteiger charge is -2.34. The van der Waals surface area contributed by atoms with Crippen LogP contribution in [0.15, 0.2) is 36.5 Å². The van der Waals surface area contributed by atoms with Gasteiger partial charge in [0.25, 0.3) is 0 Å². The number of unbranched alkanes of at least 4 members (excludes halogenated alkanes) is 19. The molecule has 0 spiro atoms. The highest BCUT2D eigenvalue weighted by Gasteiger charge is 2.25. The van der Waals surface area contributed by atoms with Crippen molar-refractivity contribution in [3.05, 3.63) is 36.5 Å². The lowest BCUT2D eigenvalue weighted by atomic mass is 10.0. The summed E-state index contributed by atoms with van der Waals surface area (Å²) in [7, 11) is 5.40. The third-order valence-electron chi connectivity index (χ3n) is 9.79. The minimum absolute atomic E-state index is 0.0358. The number of quaternary nitrogens is 1. The first-order valence-corrected chi connectivity index (χ1v) is 22.0. The molecule has 0 aliphatic heterocycles. The fraction of sp³-hybridized carbons (Fsp3) is 0.804. The molecule has 0 aromatic carbocycles. The van der Waals surface area contributed by atoms with Gasteiger partial charge in [-0.25, -0.2) is 0 Å². The highest BCUT2D eigenvalue weighted by Crippen LogP contribution is 2.15. The molecule has 8 nitrogen and oxygen atoms in total. The standard InChI is InChI=1S/C46H83NO7/c1-6-8-10-12-14-16-18-20-22-24-26-28-30-32-34-36-44(48)53-41-42(40-52-39-38-43(46(50)51)47(3,4)5)54-45(49)37-35-33-31-29-27-25-23-21-19-17-15-13-11-9-7-2/h9,11,15,17,21,23,42-43H,6-8,10,12-14,16,18-20,22,24-41H2,1-5H3/b11-9-,17-15-,23-21-. The van der Waals surface area contributed by atoms with Crippen LogP contribution in [0.4, 0.5) is 0 Å². The Morgan fingerprint density at radius 2 is 1.04 bits per heavy atom. The summed E-state index contributed by atoms with van der Waals surface area (Å²) in [5.41, 5.74) is 0. The number of nitrogens with zero attached hydrogens (tertiary/aromatic N) is 1. The van der Waals surface area contributed by atoms with E-state index >= 15 is 0 Å². The van der Waals surface area contributed by atoms with Crippen molar-refractivity contribution in [2.75, 3.05) is 41.0 Å². The van der Waals surface area contributed by atoms with Crippen LogP contribution in [0, 0.1) is 0 Å². The van der Waals surface area contributed by atoms with Crippen molar-refractivity contribution in [1.29, 1.82) is 0 Å². The van der Waals surface area contributed by atoms with Gasteiger partial charge in [0, 0.05) is 19.3 Å². The van der Waals surface area contributed by atoms with Crippen molar-refractivity contribution in [3.8, 4) is 0 Å². The topological polar surface area (TPSA) is 102 Å². The third kappa shape index (κ3) is 35.3. The van der Waals surface area contributed by atoms with Crippen molar-refractivity contribution in [3.63, 3.8) is 0 Å². The molecule has 0 aromatic heterocycles. The molecule has 0 radical (unpaired) electrons. The van der Waals surface area contributed by atoms with E-state index in [1.807, 2.05) is 0 Å². The second kappa shape index (κ2) is 37.5. The molecule has 0 saturated heterocycles. The highest BCUT2D eigenvalue weighted by atomic mass is 16.6. The smallest absolute Gasteiger partial charge is 0.306 e. The van der Waals surface area contributed by atoms with E-state index in [0.717, 1.165) is 77.0 Å². The molecule has 0 amide bonds. The second-order valence-corrected chi connectivity index (χ2v) is 15.9. The van der Waals surface area contributed by atoms with Crippen LogP contribution in [0.5, 0.6) is 0 Å². The summed E-state index contributed by atoms with van der Waals surface area (Å²) in [6, 6.07) is -0.727. The predicted molar refractivity (Wildman–Crippen MR) is 222 cm³/mol. The molecule has 8 heteroatoms. The molecule has 0 aromatic rings. The minimum Gasteiger partial charge on any atom is -0.544 e. The Kier molecular flexibility index (Phi) is 35.8. The monoisotopic (exact) mass is 762 g/mol. The van der Waals surface area contributed by atoms with Gasteiger partial charge < -0.3 is 28.6 Å². The second-order valence-electron chi connectivity index (χ2n) is 15.9. The van der Waals surface area contributed by atoms with Crippen LogP contribution in [-0.4, -0.2) is 75.5 Å². The number of rotatable bonds is 39. The number of esters is 2. The van der Waals surface area contributed by atoms with E-state index in [0.29, 0.717) is 12.8 Å². The first-order valence-electron chi connectivity index (χ1n) is 22.0. The number of ether oxygens (including phenoxy) is 3. The summed E-state index contributed by atoms with van der Waals surface area (Å²) in [5, 5.41) is 11.6. The number of carboxylic acids is 1. The first kappa shape index (κ1) is 51.5. The summed E-state index contributed by atoms with van der Waals surface area (Å²) in [4.78, 5) is 36.8. The van der Waals surface area contributed by atoms with E-state index in [-0.39, 0.29) is 42.7 Å². The van der Waals surface area contributed by atoms with Crippen molar-refractivity contribution < 1.29 is 38.2 Å². The maximum Gasteiger partial charge on any atom is 0.306 e. The van der Waals surface area contributed by atoms with Gasteiger partial charge >= 0.3 is 11.9 Å². The Morgan fingerprint density at radius 3 is 1.54 bits per heavy atom. The summed E-state index contributed by atoms with van der Waals surface area (Å²) in [5.74, 6) is -1.75. The molecule has 0 N–H and O–H groups in total. The number of carbonyl (C=O) groups excluding carboxylic acids is 3. The molecule has 2 atom stereocenters. The van der Waals surface area contributed by atoms with Crippen LogP contribution in [0.1, 0.15) is 187 Å². The van der Waals surface area contributed by atoms with E-state index in [1.165, 1.54) is 77.0 Å². The third-order valence-corrected chi connectivity index (χ3v) is 9.79. The summed E-state index contributed by atoms with van der Waals surface area (Å²) in [6.07, 6.45) is 41.6.